The van der Waals surface area contributed by atoms with Crippen molar-refractivity contribution >= 4 is 5.91 Å². The number of nitrogens with one attached hydrogen (secondary N) is 1. The number of carbonyl (C=O) groups excluding carboxylic acids is 1. The van der Waals surface area contributed by atoms with E-state index in [1.54, 1.807) is 0 Å². The van der Waals surface area contributed by atoms with Gasteiger partial charge in [-0.3, -0.25) is 4.79 Å². The van der Waals surface area contributed by atoms with E-state index in [-0.39, 0.29) is 12.1 Å². The number of phenols is 1. The van der Waals surface area contributed by atoms with Crippen molar-refractivity contribution in [3.05, 3.63) is 59.9 Å². The van der Waals surface area contributed by atoms with Crippen molar-refractivity contribution in [3.8, 4) is 11.5 Å². The second kappa shape index (κ2) is 9.06. The summed E-state index contributed by atoms with van der Waals surface area (Å²) >= 11 is 0. The van der Waals surface area contributed by atoms with Gasteiger partial charge in [-0.2, -0.15) is 0 Å². The van der Waals surface area contributed by atoms with Gasteiger partial charge in [-0.05, 0) is 68.4 Å². The largest absolute Gasteiger partial charge is 0.505 e. The van der Waals surface area contributed by atoms with Gasteiger partial charge in [0.25, 0.3) is 5.91 Å². The minimum Gasteiger partial charge on any atom is -0.505 e. The summed E-state index contributed by atoms with van der Waals surface area (Å²) in [5.74, 6) is -0.450. The van der Waals surface area contributed by atoms with E-state index >= 15 is 0 Å². The molecule has 0 radical (unpaired) electrons. The number of aliphatic hydroxyl groups is 1. The van der Waals surface area contributed by atoms with Crippen LogP contribution in [0.15, 0.2) is 48.5 Å². The maximum atomic E-state index is 13.4. The van der Waals surface area contributed by atoms with Gasteiger partial charge < -0.3 is 20.3 Å². The topological polar surface area (TPSA) is 78.8 Å². The molecule has 0 saturated heterocycles. The fourth-order valence-electron chi connectivity index (χ4n) is 3.54. The molecule has 1 aliphatic carbocycles. The van der Waals surface area contributed by atoms with Crippen molar-refractivity contribution in [2.75, 3.05) is 13.2 Å². The molecule has 28 heavy (non-hydrogen) atoms. The molecule has 2 aromatic rings. The second-order valence-electron chi connectivity index (χ2n) is 7.47. The molecule has 3 N–H and O–H groups in total. The number of carbonyl (C=O) groups is 1. The van der Waals surface area contributed by atoms with Crippen molar-refractivity contribution in [1.82, 2.24) is 5.32 Å². The summed E-state index contributed by atoms with van der Waals surface area (Å²) in [4.78, 5) is 12.1. The van der Waals surface area contributed by atoms with Crippen molar-refractivity contribution in [3.63, 3.8) is 0 Å². The molecule has 0 heterocycles. The lowest BCUT2D eigenvalue weighted by Gasteiger charge is -2.36. The molecule has 0 spiro atoms. The van der Waals surface area contributed by atoms with Crippen LogP contribution in [0.25, 0.3) is 0 Å². The van der Waals surface area contributed by atoms with Gasteiger partial charge in [-0.1, -0.05) is 18.2 Å². The highest BCUT2D eigenvalue weighted by Gasteiger charge is 2.33. The van der Waals surface area contributed by atoms with Crippen LogP contribution in [0.4, 0.5) is 4.39 Å². The quantitative estimate of drug-likeness (QED) is 0.678. The summed E-state index contributed by atoms with van der Waals surface area (Å²) in [5.41, 5.74) is -0.826. The Balaban J connectivity index is 1.40. The Morgan fingerprint density at radius 3 is 2.57 bits per heavy atom. The van der Waals surface area contributed by atoms with Gasteiger partial charge in [-0.15, -0.1) is 0 Å². The highest BCUT2D eigenvalue weighted by atomic mass is 19.1. The van der Waals surface area contributed by atoms with Crippen molar-refractivity contribution in [2.45, 2.75) is 37.7 Å². The van der Waals surface area contributed by atoms with Gasteiger partial charge in [0, 0.05) is 12.1 Å². The van der Waals surface area contributed by atoms with Crippen LogP contribution in [0.3, 0.4) is 0 Å². The first-order valence-corrected chi connectivity index (χ1v) is 9.62. The SMILES string of the molecule is O=C(NCC1(O)CCC(CCOc2ccccc2)CC1)c1ccc(O)c(F)c1. The predicted octanol–water partition coefficient (Wildman–Crippen LogP) is 3.65. The number of amides is 1. The minimum absolute atomic E-state index is 0.116. The highest BCUT2D eigenvalue weighted by molar-refractivity contribution is 5.94. The predicted molar refractivity (Wildman–Crippen MR) is 104 cm³/mol. The number of para-hydroxylation sites is 1. The van der Waals surface area contributed by atoms with Crippen molar-refractivity contribution in [1.29, 1.82) is 0 Å². The molecule has 1 aliphatic rings. The summed E-state index contributed by atoms with van der Waals surface area (Å²) in [6, 6.07) is 13.2. The van der Waals surface area contributed by atoms with Gasteiger partial charge in [-0.25, -0.2) is 4.39 Å². The third-order valence-corrected chi connectivity index (χ3v) is 5.36. The molecule has 150 valence electrons. The molecule has 0 aliphatic heterocycles. The van der Waals surface area contributed by atoms with Crippen LogP contribution in [0, 0.1) is 11.7 Å². The third kappa shape index (κ3) is 5.45. The lowest BCUT2D eigenvalue weighted by atomic mass is 9.77. The molecule has 0 aromatic heterocycles. The molecule has 0 unspecified atom stereocenters. The molecule has 3 rings (SSSR count). The second-order valence-corrected chi connectivity index (χ2v) is 7.47. The number of phenolic OH excluding ortho intramolecular Hbond substituents is 1. The van der Waals surface area contributed by atoms with Gasteiger partial charge in [0.1, 0.15) is 5.75 Å². The number of ether oxygens (including phenoxy) is 1. The number of benzene rings is 2. The van der Waals surface area contributed by atoms with Gasteiger partial charge in [0.05, 0.1) is 12.2 Å². The molecular formula is C22H26FNO4. The van der Waals surface area contributed by atoms with Crippen LogP contribution in [-0.4, -0.2) is 34.9 Å². The maximum absolute atomic E-state index is 13.4. The fourth-order valence-corrected chi connectivity index (χ4v) is 3.54. The first kappa shape index (κ1) is 20.1. The van der Waals surface area contributed by atoms with E-state index in [9.17, 15) is 19.4 Å². The van der Waals surface area contributed by atoms with E-state index in [0.717, 1.165) is 37.1 Å². The minimum atomic E-state index is -0.943. The third-order valence-electron chi connectivity index (χ3n) is 5.36. The van der Waals surface area contributed by atoms with E-state index < -0.39 is 23.1 Å². The van der Waals surface area contributed by atoms with Gasteiger partial charge in [0.15, 0.2) is 11.6 Å². The summed E-state index contributed by atoms with van der Waals surface area (Å²) in [7, 11) is 0. The summed E-state index contributed by atoms with van der Waals surface area (Å²) in [6.07, 6.45) is 3.89. The zero-order chi connectivity index (χ0) is 20.0. The lowest BCUT2D eigenvalue weighted by molar-refractivity contribution is -0.00977. The standard InChI is InChI=1S/C22H26FNO4/c23-19-14-17(6-7-20(19)25)21(26)24-15-22(27)11-8-16(9-12-22)10-13-28-18-4-2-1-3-5-18/h1-7,14,16,25,27H,8-13,15H2,(H,24,26). The number of rotatable bonds is 7. The monoisotopic (exact) mass is 387 g/mol. The molecule has 5 nitrogen and oxygen atoms in total. The Labute approximate surface area is 164 Å². The zero-order valence-corrected chi connectivity index (χ0v) is 15.7. The molecule has 1 saturated carbocycles. The number of halogens is 1. The van der Waals surface area contributed by atoms with Crippen LogP contribution in [0.1, 0.15) is 42.5 Å². The number of hydrogen-bond acceptors (Lipinski definition) is 4. The molecular weight excluding hydrogens is 361 g/mol. The van der Waals surface area contributed by atoms with Crippen molar-refractivity contribution < 1.29 is 24.1 Å². The molecule has 0 bridgehead atoms. The normalized spacial score (nSPS) is 21.9. The Kier molecular flexibility index (Phi) is 6.52. The van der Waals surface area contributed by atoms with E-state index in [0.29, 0.717) is 25.4 Å². The first-order valence-electron chi connectivity index (χ1n) is 9.62. The Morgan fingerprint density at radius 1 is 1.18 bits per heavy atom. The molecule has 1 amide bonds. The molecule has 1 fully saturated rings. The highest BCUT2D eigenvalue weighted by Crippen LogP contribution is 2.33. The summed E-state index contributed by atoms with van der Waals surface area (Å²) in [6.45, 7) is 0.776. The summed E-state index contributed by atoms with van der Waals surface area (Å²) < 4.78 is 19.1. The van der Waals surface area contributed by atoms with Crippen LogP contribution in [0.5, 0.6) is 11.5 Å². The van der Waals surface area contributed by atoms with E-state index in [1.165, 1.54) is 6.07 Å². The van der Waals surface area contributed by atoms with E-state index in [2.05, 4.69) is 5.32 Å². The number of hydrogen-bond donors (Lipinski definition) is 3. The summed E-state index contributed by atoms with van der Waals surface area (Å²) in [5, 5.41) is 22.6. The van der Waals surface area contributed by atoms with Crippen LogP contribution >= 0.6 is 0 Å². The molecule has 0 atom stereocenters. The van der Waals surface area contributed by atoms with Gasteiger partial charge >= 0.3 is 0 Å². The Hall–Kier alpha value is -2.60. The fraction of sp³-hybridized carbons (Fsp3) is 0.409. The Morgan fingerprint density at radius 2 is 1.89 bits per heavy atom. The average Bonchev–Trinajstić information content (AvgIpc) is 2.71. The first-order chi connectivity index (χ1) is 13.5. The molecule has 6 heteroatoms. The van der Waals surface area contributed by atoms with Gasteiger partial charge in [0.2, 0.25) is 0 Å². The van der Waals surface area contributed by atoms with Crippen LogP contribution in [0.2, 0.25) is 0 Å². The van der Waals surface area contributed by atoms with Crippen molar-refractivity contribution in [2.24, 2.45) is 5.92 Å². The molecule has 2 aromatic carbocycles. The lowest BCUT2D eigenvalue weighted by Crippen LogP contribution is -2.45. The van der Waals surface area contributed by atoms with Crippen LogP contribution in [-0.2, 0) is 0 Å². The van der Waals surface area contributed by atoms with E-state index in [1.807, 2.05) is 30.3 Å². The van der Waals surface area contributed by atoms with Crippen LogP contribution < -0.4 is 10.1 Å². The zero-order valence-electron chi connectivity index (χ0n) is 15.7. The van der Waals surface area contributed by atoms with E-state index in [4.69, 9.17) is 4.74 Å². The number of aromatic hydroxyl groups is 1. The average molecular weight is 387 g/mol. The Bertz CT molecular complexity index is 788. The smallest absolute Gasteiger partial charge is 0.251 e. The maximum Gasteiger partial charge on any atom is 0.251 e.